The van der Waals surface area contributed by atoms with E-state index < -0.39 is 0 Å². The molecule has 4 heteroatoms. The topological polar surface area (TPSA) is 47.0 Å². The van der Waals surface area contributed by atoms with Gasteiger partial charge in [-0.05, 0) is 18.6 Å². The molecule has 2 aromatic rings. The molecule has 1 aromatic heterocycles. The van der Waals surface area contributed by atoms with Gasteiger partial charge in [0.2, 0.25) is 0 Å². The molecule has 4 nitrogen and oxygen atoms in total. The molecule has 1 unspecified atom stereocenters. The van der Waals surface area contributed by atoms with Crippen molar-refractivity contribution in [3.05, 3.63) is 30.6 Å². The van der Waals surface area contributed by atoms with Crippen molar-refractivity contribution >= 4 is 16.7 Å². The van der Waals surface area contributed by atoms with Crippen LogP contribution in [0.5, 0.6) is 0 Å². The molecule has 0 aliphatic rings. The van der Waals surface area contributed by atoms with Crippen molar-refractivity contribution in [1.82, 2.24) is 9.97 Å². The number of fused-ring (bicyclic) bond motifs is 1. The molecular formula is C13H17N3O. The van der Waals surface area contributed by atoms with Gasteiger partial charge >= 0.3 is 0 Å². The SMILES string of the molecule is CCC(COC)Nc1ncnc2ccccc12. The van der Waals surface area contributed by atoms with Crippen molar-refractivity contribution in [3.8, 4) is 0 Å². The first kappa shape index (κ1) is 11.8. The van der Waals surface area contributed by atoms with Gasteiger partial charge in [0.25, 0.3) is 0 Å². The van der Waals surface area contributed by atoms with Crippen LogP contribution >= 0.6 is 0 Å². The monoisotopic (exact) mass is 231 g/mol. The summed E-state index contributed by atoms with van der Waals surface area (Å²) in [5, 5.41) is 4.44. The average molecular weight is 231 g/mol. The van der Waals surface area contributed by atoms with Crippen molar-refractivity contribution in [2.45, 2.75) is 19.4 Å². The number of aromatic nitrogens is 2. The van der Waals surface area contributed by atoms with Crippen molar-refractivity contribution in [1.29, 1.82) is 0 Å². The summed E-state index contributed by atoms with van der Waals surface area (Å²) in [5.74, 6) is 0.875. The number of hydrogen-bond donors (Lipinski definition) is 1. The van der Waals surface area contributed by atoms with E-state index in [4.69, 9.17) is 4.74 Å². The van der Waals surface area contributed by atoms with Crippen LogP contribution in [0.1, 0.15) is 13.3 Å². The van der Waals surface area contributed by atoms with E-state index in [2.05, 4.69) is 22.2 Å². The summed E-state index contributed by atoms with van der Waals surface area (Å²) in [6, 6.07) is 8.26. The van der Waals surface area contributed by atoms with Crippen LogP contribution in [0.25, 0.3) is 10.9 Å². The fourth-order valence-corrected chi connectivity index (χ4v) is 1.78. The van der Waals surface area contributed by atoms with E-state index in [1.54, 1.807) is 13.4 Å². The number of methoxy groups -OCH3 is 1. The Bertz CT molecular complexity index is 482. The Morgan fingerprint density at radius 1 is 1.29 bits per heavy atom. The molecule has 0 spiro atoms. The van der Waals surface area contributed by atoms with Crippen LogP contribution < -0.4 is 5.32 Å². The van der Waals surface area contributed by atoms with E-state index >= 15 is 0 Å². The number of para-hydroxylation sites is 1. The molecule has 17 heavy (non-hydrogen) atoms. The summed E-state index contributed by atoms with van der Waals surface area (Å²) in [6.45, 7) is 2.80. The molecule has 0 aliphatic heterocycles. The number of ether oxygens (including phenoxy) is 1. The third-order valence-electron chi connectivity index (χ3n) is 2.74. The molecule has 1 heterocycles. The zero-order valence-corrected chi connectivity index (χ0v) is 10.2. The summed E-state index contributed by atoms with van der Waals surface area (Å²) in [7, 11) is 1.71. The quantitative estimate of drug-likeness (QED) is 0.858. The van der Waals surface area contributed by atoms with Crippen LogP contribution in [0.2, 0.25) is 0 Å². The maximum atomic E-state index is 5.17. The molecule has 1 atom stereocenters. The second kappa shape index (κ2) is 5.59. The van der Waals surface area contributed by atoms with Crippen LogP contribution in [0.4, 0.5) is 5.82 Å². The lowest BCUT2D eigenvalue weighted by molar-refractivity contribution is 0.184. The van der Waals surface area contributed by atoms with Gasteiger partial charge in [0.1, 0.15) is 12.1 Å². The van der Waals surface area contributed by atoms with Gasteiger partial charge in [-0.1, -0.05) is 19.1 Å². The summed E-state index contributed by atoms with van der Waals surface area (Å²) in [5.41, 5.74) is 0.956. The predicted octanol–water partition coefficient (Wildman–Crippen LogP) is 2.47. The highest BCUT2D eigenvalue weighted by atomic mass is 16.5. The van der Waals surface area contributed by atoms with Crippen LogP contribution in [0, 0.1) is 0 Å². The summed E-state index contributed by atoms with van der Waals surface area (Å²) in [6.07, 6.45) is 2.58. The number of nitrogens with zero attached hydrogens (tertiary/aromatic N) is 2. The summed E-state index contributed by atoms with van der Waals surface area (Å²) in [4.78, 5) is 8.54. The van der Waals surface area contributed by atoms with Crippen molar-refractivity contribution in [2.75, 3.05) is 19.0 Å². The molecule has 0 aliphatic carbocycles. The Balaban J connectivity index is 2.28. The molecule has 1 aromatic carbocycles. The largest absolute Gasteiger partial charge is 0.383 e. The Morgan fingerprint density at radius 3 is 2.88 bits per heavy atom. The number of anilines is 1. The number of hydrogen-bond acceptors (Lipinski definition) is 4. The van der Waals surface area contributed by atoms with E-state index in [0.29, 0.717) is 6.61 Å². The second-order valence-electron chi connectivity index (χ2n) is 3.94. The number of benzene rings is 1. The molecule has 90 valence electrons. The lowest BCUT2D eigenvalue weighted by atomic mass is 10.2. The lowest BCUT2D eigenvalue weighted by Gasteiger charge is -2.17. The van der Waals surface area contributed by atoms with Gasteiger partial charge in [0.15, 0.2) is 0 Å². The first-order valence-electron chi connectivity index (χ1n) is 5.80. The minimum absolute atomic E-state index is 0.276. The molecule has 0 saturated heterocycles. The molecule has 0 amide bonds. The first-order valence-corrected chi connectivity index (χ1v) is 5.80. The van der Waals surface area contributed by atoms with Gasteiger partial charge < -0.3 is 10.1 Å². The van der Waals surface area contributed by atoms with Gasteiger partial charge in [-0.2, -0.15) is 0 Å². The molecule has 0 bridgehead atoms. The lowest BCUT2D eigenvalue weighted by Crippen LogP contribution is -2.24. The van der Waals surface area contributed by atoms with E-state index in [-0.39, 0.29) is 6.04 Å². The van der Waals surface area contributed by atoms with Crippen LogP contribution in [0.15, 0.2) is 30.6 Å². The first-order chi connectivity index (χ1) is 8.35. The average Bonchev–Trinajstić information content (AvgIpc) is 2.38. The molecule has 0 fully saturated rings. The third-order valence-corrected chi connectivity index (χ3v) is 2.74. The van der Waals surface area contributed by atoms with Gasteiger partial charge in [-0.15, -0.1) is 0 Å². The van der Waals surface area contributed by atoms with Crippen LogP contribution in [-0.4, -0.2) is 29.7 Å². The fourth-order valence-electron chi connectivity index (χ4n) is 1.78. The van der Waals surface area contributed by atoms with E-state index in [9.17, 15) is 0 Å². The second-order valence-corrected chi connectivity index (χ2v) is 3.94. The highest BCUT2D eigenvalue weighted by Gasteiger charge is 2.09. The summed E-state index contributed by atoms with van der Waals surface area (Å²) >= 11 is 0. The number of nitrogens with one attached hydrogen (secondary N) is 1. The minimum Gasteiger partial charge on any atom is -0.383 e. The van der Waals surface area contributed by atoms with Gasteiger partial charge in [-0.3, -0.25) is 0 Å². The molecule has 0 saturated carbocycles. The maximum absolute atomic E-state index is 5.17. The van der Waals surface area contributed by atoms with Crippen LogP contribution in [0.3, 0.4) is 0 Å². The van der Waals surface area contributed by atoms with Gasteiger partial charge in [0, 0.05) is 12.5 Å². The fraction of sp³-hybridized carbons (Fsp3) is 0.385. The Kier molecular flexibility index (Phi) is 3.88. The summed E-state index contributed by atoms with van der Waals surface area (Å²) < 4.78 is 5.17. The normalized spacial score (nSPS) is 12.6. The molecule has 0 radical (unpaired) electrons. The van der Waals surface area contributed by atoms with E-state index in [1.807, 2.05) is 24.3 Å². The predicted molar refractivity (Wildman–Crippen MR) is 69.1 cm³/mol. The van der Waals surface area contributed by atoms with Crippen molar-refractivity contribution in [2.24, 2.45) is 0 Å². The minimum atomic E-state index is 0.276. The Hall–Kier alpha value is -1.68. The highest BCUT2D eigenvalue weighted by Crippen LogP contribution is 2.19. The smallest absolute Gasteiger partial charge is 0.137 e. The van der Waals surface area contributed by atoms with E-state index in [0.717, 1.165) is 23.1 Å². The zero-order chi connectivity index (χ0) is 12.1. The third kappa shape index (κ3) is 2.71. The Morgan fingerprint density at radius 2 is 2.12 bits per heavy atom. The van der Waals surface area contributed by atoms with Gasteiger partial charge in [0.05, 0.1) is 18.2 Å². The maximum Gasteiger partial charge on any atom is 0.137 e. The molecular weight excluding hydrogens is 214 g/mol. The van der Waals surface area contributed by atoms with Crippen molar-refractivity contribution < 1.29 is 4.74 Å². The highest BCUT2D eigenvalue weighted by molar-refractivity contribution is 5.88. The number of rotatable bonds is 5. The molecule has 1 N–H and O–H groups in total. The zero-order valence-electron chi connectivity index (χ0n) is 10.2. The van der Waals surface area contributed by atoms with Gasteiger partial charge in [-0.25, -0.2) is 9.97 Å². The van der Waals surface area contributed by atoms with E-state index in [1.165, 1.54) is 0 Å². The molecule has 2 rings (SSSR count). The standard InChI is InChI=1S/C13H17N3O/c1-3-10(8-17-2)16-13-11-6-4-5-7-12(11)14-9-15-13/h4-7,9-10H,3,8H2,1-2H3,(H,14,15,16). The van der Waals surface area contributed by atoms with Crippen LogP contribution in [-0.2, 0) is 4.74 Å². The Labute approximate surface area is 101 Å². The van der Waals surface area contributed by atoms with Crippen molar-refractivity contribution in [3.63, 3.8) is 0 Å².